The molecule has 0 radical (unpaired) electrons. The number of benzene rings is 3. The van der Waals surface area contributed by atoms with Crippen molar-refractivity contribution in [2.24, 2.45) is 10.2 Å². The van der Waals surface area contributed by atoms with Crippen molar-refractivity contribution < 1.29 is 54.2 Å². The molecule has 264 valence electrons. The summed E-state index contributed by atoms with van der Waals surface area (Å²) in [5.74, 6) is -1.86. The van der Waals surface area contributed by atoms with E-state index in [0.29, 0.717) is 0 Å². The van der Waals surface area contributed by atoms with E-state index < -0.39 is 57.3 Å². The van der Waals surface area contributed by atoms with Crippen LogP contribution in [0.25, 0.3) is 10.8 Å². The van der Waals surface area contributed by atoms with Crippen molar-refractivity contribution in [2.75, 3.05) is 59.9 Å². The van der Waals surface area contributed by atoms with Crippen molar-refractivity contribution in [1.82, 2.24) is 15.0 Å². The van der Waals surface area contributed by atoms with Gasteiger partial charge in [0.25, 0.3) is 30.4 Å². The predicted molar refractivity (Wildman–Crippen MR) is 175 cm³/mol. The monoisotopic (exact) mass is 743 g/mol. The number of rotatable bonds is 15. The molecule has 0 fully saturated rings. The Labute approximate surface area is 278 Å². The number of aromatic nitrogens is 3. The Morgan fingerprint density at radius 2 is 1.49 bits per heavy atom. The highest BCUT2D eigenvalue weighted by atomic mass is 32.2. The normalized spacial score (nSPS) is 12.4. The Morgan fingerprint density at radius 1 is 0.816 bits per heavy atom. The number of hydrogen-bond acceptors (Lipinski definition) is 18. The highest BCUT2D eigenvalue weighted by Gasteiger charge is 2.20. The van der Waals surface area contributed by atoms with Crippen LogP contribution in [-0.2, 0) is 30.4 Å². The zero-order valence-corrected chi connectivity index (χ0v) is 27.4. The minimum atomic E-state index is -4.98. The van der Waals surface area contributed by atoms with Crippen LogP contribution in [0.4, 0.5) is 40.6 Å². The van der Waals surface area contributed by atoms with E-state index in [2.05, 4.69) is 35.8 Å². The topological polar surface area (TPSA) is 341 Å². The second-order valence-electron chi connectivity index (χ2n) is 9.93. The zero-order chi connectivity index (χ0) is 36.1. The number of nitrogens with zero attached hydrogens (tertiary/aromatic N) is 6. The minimum Gasteiger partial charge on any atom is -0.507 e. The summed E-state index contributed by atoms with van der Waals surface area (Å²) < 4.78 is 98.6. The lowest BCUT2D eigenvalue weighted by molar-refractivity contribution is 0.280. The largest absolute Gasteiger partial charge is 0.507 e. The van der Waals surface area contributed by atoms with Crippen LogP contribution < -0.4 is 21.3 Å². The average Bonchev–Trinajstić information content (AvgIpc) is 2.99. The van der Waals surface area contributed by atoms with Gasteiger partial charge in [-0.1, -0.05) is 6.07 Å². The van der Waals surface area contributed by atoms with Gasteiger partial charge in [0.15, 0.2) is 0 Å². The molecule has 0 spiro atoms. The van der Waals surface area contributed by atoms with E-state index >= 15 is 0 Å². The van der Waals surface area contributed by atoms with E-state index in [1.165, 1.54) is 23.1 Å². The first-order chi connectivity index (χ1) is 22.9. The zero-order valence-electron chi connectivity index (χ0n) is 24.9. The van der Waals surface area contributed by atoms with E-state index in [9.17, 15) is 49.7 Å². The number of aliphatic hydroxyl groups excluding tert-OH is 2. The van der Waals surface area contributed by atoms with Crippen LogP contribution in [0, 0.1) is 0 Å². The highest BCUT2D eigenvalue weighted by molar-refractivity contribution is 7.86. The molecule has 10 N–H and O–H groups in total. The summed E-state index contributed by atoms with van der Waals surface area (Å²) in [6.45, 7) is -1.09. The van der Waals surface area contributed by atoms with E-state index in [4.69, 9.17) is 10.3 Å². The summed E-state index contributed by atoms with van der Waals surface area (Å²) in [4.78, 5) is 12.4. The van der Waals surface area contributed by atoms with E-state index in [1.54, 1.807) is 0 Å². The molecule has 3 aromatic carbocycles. The average molecular weight is 744 g/mol. The van der Waals surface area contributed by atoms with Gasteiger partial charge in [-0.3, -0.25) is 13.7 Å². The molecule has 49 heavy (non-hydrogen) atoms. The molecule has 4 rings (SSSR count). The number of aromatic hydroxyl groups is 1. The van der Waals surface area contributed by atoms with Crippen molar-refractivity contribution in [1.29, 1.82) is 0 Å². The van der Waals surface area contributed by atoms with Crippen molar-refractivity contribution in [3.8, 4) is 5.75 Å². The number of anilines is 5. The molecule has 4 aromatic rings. The van der Waals surface area contributed by atoms with Gasteiger partial charge >= 0.3 is 0 Å². The quantitative estimate of drug-likeness (QED) is 0.0466. The van der Waals surface area contributed by atoms with Crippen LogP contribution in [0.15, 0.2) is 62.5 Å². The third-order valence-corrected chi connectivity index (χ3v) is 8.85. The number of nitrogens with two attached hydrogens (primary N) is 1. The SMILES string of the molecule is Nc1ccc2cc(S(=O)(=O)O)cc(O)c2c1N=Nc1ccc(Nc2nc(NCCS(=O)(=O)O)nc(N(CCO)CCO)n2)cc1S(=O)(=O)O. The fourth-order valence-corrected chi connectivity index (χ4v) is 5.82. The number of phenols is 1. The third-order valence-electron chi connectivity index (χ3n) is 6.41. The van der Waals surface area contributed by atoms with Crippen molar-refractivity contribution in [3.63, 3.8) is 0 Å². The summed E-state index contributed by atoms with van der Waals surface area (Å²) in [6, 6.07) is 7.81. The fourth-order valence-electron chi connectivity index (χ4n) is 4.27. The number of nitrogens with one attached hydrogen (secondary N) is 2. The Morgan fingerprint density at radius 3 is 2.10 bits per heavy atom. The summed E-state index contributed by atoms with van der Waals surface area (Å²) in [5, 5.41) is 42.5. The van der Waals surface area contributed by atoms with Crippen molar-refractivity contribution in [3.05, 3.63) is 42.5 Å². The van der Waals surface area contributed by atoms with Crippen LogP contribution in [-0.4, -0.2) is 108 Å². The lowest BCUT2D eigenvalue weighted by atomic mass is 10.1. The van der Waals surface area contributed by atoms with Gasteiger partial charge in [-0.2, -0.15) is 40.2 Å². The number of hydrogen-bond donors (Lipinski definition) is 9. The Hall–Kier alpha value is -4.82. The van der Waals surface area contributed by atoms with Crippen LogP contribution in [0.5, 0.6) is 5.75 Å². The van der Waals surface area contributed by atoms with Gasteiger partial charge < -0.3 is 36.6 Å². The van der Waals surface area contributed by atoms with Crippen molar-refractivity contribution in [2.45, 2.75) is 9.79 Å². The molecular formula is C25H29N9O12S3. The molecule has 0 bridgehead atoms. The lowest BCUT2D eigenvalue weighted by Crippen LogP contribution is -2.32. The summed E-state index contributed by atoms with van der Waals surface area (Å²) >= 11 is 0. The first-order valence-electron chi connectivity index (χ1n) is 13.6. The number of phenolic OH excluding ortho intramolecular Hbond substituents is 1. The molecule has 0 saturated carbocycles. The second-order valence-corrected chi connectivity index (χ2v) is 14.3. The first-order valence-corrected chi connectivity index (χ1v) is 18.1. The standard InChI is InChI=1S/C25H29N9O12S3/c26-17-3-1-14-11-16(48(41,42)43)13-19(37)21(14)22(17)33-32-18-4-2-15(12-20(18)49(44,45)46)28-24-29-23(27-5-10-47(38,39)40)30-25(31-24)34(6-8-35)7-9-36/h1-4,11-13,35-37H,5-10,26H2,(H,38,39,40)(H,41,42,43)(H,44,45,46)(H2,27,28,29,30,31). The van der Waals surface area contributed by atoms with Crippen molar-refractivity contribution >= 4 is 81.7 Å². The number of fused-ring (bicyclic) bond motifs is 1. The Balaban J connectivity index is 1.74. The molecule has 0 amide bonds. The fraction of sp³-hybridized carbons (Fsp3) is 0.240. The maximum atomic E-state index is 12.4. The molecule has 1 aromatic heterocycles. The molecule has 0 atom stereocenters. The van der Waals surface area contributed by atoms with Gasteiger partial charge in [0.05, 0.1) is 34.9 Å². The Kier molecular flexibility index (Phi) is 11.1. The lowest BCUT2D eigenvalue weighted by Gasteiger charge is -2.21. The summed E-state index contributed by atoms with van der Waals surface area (Å²) in [6.07, 6.45) is 0. The van der Waals surface area contributed by atoms with Crippen LogP contribution in [0.3, 0.4) is 0 Å². The predicted octanol–water partition coefficient (Wildman–Crippen LogP) is 1.06. The smallest absolute Gasteiger partial charge is 0.296 e. The highest BCUT2D eigenvalue weighted by Crippen LogP contribution is 2.41. The van der Waals surface area contributed by atoms with Crippen LogP contribution >= 0.6 is 0 Å². The van der Waals surface area contributed by atoms with Crippen LogP contribution in [0.2, 0.25) is 0 Å². The molecule has 1 heterocycles. The third kappa shape index (κ3) is 9.63. The van der Waals surface area contributed by atoms with E-state index in [1.807, 2.05) is 0 Å². The molecular weight excluding hydrogens is 715 g/mol. The molecule has 24 heteroatoms. The molecule has 0 aliphatic carbocycles. The minimum absolute atomic E-state index is 0.0245. The molecule has 0 aliphatic rings. The van der Waals surface area contributed by atoms with Gasteiger partial charge in [-0.15, -0.1) is 10.2 Å². The van der Waals surface area contributed by atoms with Gasteiger partial charge in [-0.05, 0) is 35.7 Å². The molecule has 0 unspecified atom stereocenters. The van der Waals surface area contributed by atoms with Gasteiger partial charge in [0.2, 0.25) is 17.8 Å². The summed E-state index contributed by atoms with van der Waals surface area (Å²) in [7, 11) is -14.0. The first kappa shape index (κ1) is 37.0. The molecule has 21 nitrogen and oxygen atoms in total. The van der Waals surface area contributed by atoms with Gasteiger partial charge in [0, 0.05) is 31.4 Å². The maximum Gasteiger partial charge on any atom is 0.296 e. The van der Waals surface area contributed by atoms with E-state index in [0.717, 1.165) is 24.3 Å². The second kappa shape index (κ2) is 14.7. The van der Waals surface area contributed by atoms with E-state index in [-0.39, 0.29) is 78.5 Å². The molecule has 0 saturated heterocycles. The molecule has 0 aliphatic heterocycles. The Bertz CT molecular complexity index is 2230. The number of nitrogen functional groups attached to an aromatic ring is 1. The summed E-state index contributed by atoms with van der Waals surface area (Å²) in [5.41, 5.74) is 5.33. The number of aliphatic hydroxyl groups is 2. The van der Waals surface area contributed by atoms with Crippen LogP contribution in [0.1, 0.15) is 0 Å². The number of azo groups is 1. The van der Waals surface area contributed by atoms with Gasteiger partial charge in [-0.25, -0.2) is 0 Å². The maximum absolute atomic E-state index is 12.4. The van der Waals surface area contributed by atoms with Gasteiger partial charge in [0.1, 0.15) is 22.0 Å².